The van der Waals surface area contributed by atoms with Gasteiger partial charge in [-0.25, -0.2) is 0 Å². The highest BCUT2D eigenvalue weighted by atomic mass is 16.5. The van der Waals surface area contributed by atoms with Gasteiger partial charge < -0.3 is 14.7 Å². The SMILES string of the molecule is COc1ccccc1N1CCN(CC(=O)[C@@]2(O)CCC3C4CCC5=CC(=O)CC[C@]5(C)C4=CC[C@@]32C)CC1. The van der Waals surface area contributed by atoms with E-state index in [1.165, 1.54) is 11.1 Å². The number of nitrogens with zero attached hydrogens (tertiary/aromatic N) is 2. The Balaban J connectivity index is 1.16. The number of hydrogen-bond donors (Lipinski definition) is 1. The van der Waals surface area contributed by atoms with Crippen molar-refractivity contribution >= 4 is 17.3 Å². The molecular weight excluding hydrogens is 476 g/mol. The van der Waals surface area contributed by atoms with Crippen molar-refractivity contribution in [2.24, 2.45) is 22.7 Å². The molecular formula is C32H42N2O4. The molecule has 5 atom stereocenters. The Kier molecular flexibility index (Phi) is 6.34. The number of methoxy groups -OCH3 is 1. The molecule has 6 heteroatoms. The quantitative estimate of drug-likeness (QED) is 0.576. The lowest BCUT2D eigenvalue weighted by Gasteiger charge is -2.54. The molecule has 2 unspecified atom stereocenters. The predicted molar refractivity (Wildman–Crippen MR) is 148 cm³/mol. The minimum Gasteiger partial charge on any atom is -0.495 e. The molecule has 1 aliphatic heterocycles. The van der Waals surface area contributed by atoms with Crippen LogP contribution in [0.25, 0.3) is 0 Å². The van der Waals surface area contributed by atoms with Crippen LogP contribution < -0.4 is 9.64 Å². The Morgan fingerprint density at radius 1 is 1.08 bits per heavy atom. The largest absolute Gasteiger partial charge is 0.495 e. The molecule has 4 aliphatic carbocycles. The van der Waals surface area contributed by atoms with Crippen molar-refractivity contribution in [3.05, 3.63) is 47.6 Å². The van der Waals surface area contributed by atoms with Gasteiger partial charge in [0, 0.05) is 43.4 Å². The summed E-state index contributed by atoms with van der Waals surface area (Å²) in [6, 6.07) is 8.08. The maximum absolute atomic E-state index is 13.8. The minimum absolute atomic E-state index is 0.00374. The molecule has 5 aliphatic rings. The highest BCUT2D eigenvalue weighted by molar-refractivity contribution is 5.92. The Morgan fingerprint density at radius 2 is 1.84 bits per heavy atom. The third kappa shape index (κ3) is 3.82. The van der Waals surface area contributed by atoms with E-state index in [0.717, 1.165) is 69.7 Å². The van der Waals surface area contributed by atoms with Crippen molar-refractivity contribution in [1.82, 2.24) is 4.90 Å². The summed E-state index contributed by atoms with van der Waals surface area (Å²) in [5.41, 5.74) is 2.14. The first-order valence-electron chi connectivity index (χ1n) is 14.5. The van der Waals surface area contributed by atoms with E-state index in [1.54, 1.807) is 7.11 Å². The van der Waals surface area contributed by atoms with Crippen LogP contribution in [0.15, 0.2) is 47.6 Å². The van der Waals surface area contributed by atoms with Crippen LogP contribution in [0.1, 0.15) is 58.8 Å². The number of para-hydroxylation sites is 2. The van der Waals surface area contributed by atoms with Crippen molar-refractivity contribution in [2.75, 3.05) is 44.7 Å². The smallest absolute Gasteiger partial charge is 0.178 e. The first-order valence-corrected chi connectivity index (χ1v) is 14.5. The number of benzene rings is 1. The van der Waals surface area contributed by atoms with Crippen LogP contribution in [0, 0.1) is 22.7 Å². The first kappa shape index (κ1) is 25.8. The summed E-state index contributed by atoms with van der Waals surface area (Å²) in [7, 11) is 1.70. The molecule has 38 heavy (non-hydrogen) atoms. The number of Topliss-reactive ketones (excluding diaryl/α,β-unsaturated/α-hetero) is 1. The van der Waals surface area contributed by atoms with Gasteiger partial charge in [-0.05, 0) is 68.6 Å². The number of carbonyl (C=O) groups is 2. The molecule has 1 aromatic carbocycles. The van der Waals surface area contributed by atoms with Crippen molar-refractivity contribution < 1.29 is 19.4 Å². The van der Waals surface area contributed by atoms with E-state index in [2.05, 4.69) is 35.8 Å². The number of fused-ring (bicyclic) bond motifs is 5. The third-order valence-corrected chi connectivity index (χ3v) is 11.1. The lowest BCUT2D eigenvalue weighted by molar-refractivity contribution is -0.154. The van der Waals surface area contributed by atoms with Crippen molar-refractivity contribution in [3.63, 3.8) is 0 Å². The summed E-state index contributed by atoms with van der Waals surface area (Å²) in [5, 5.41) is 12.1. The second-order valence-electron chi connectivity index (χ2n) is 12.8. The highest BCUT2D eigenvalue weighted by Crippen LogP contribution is 2.65. The van der Waals surface area contributed by atoms with Crippen molar-refractivity contribution in [1.29, 1.82) is 0 Å². The van der Waals surface area contributed by atoms with Crippen LogP contribution in [0.2, 0.25) is 0 Å². The normalized spacial score (nSPS) is 37.1. The van der Waals surface area contributed by atoms with Gasteiger partial charge in [-0.3, -0.25) is 14.5 Å². The average molecular weight is 519 g/mol. The molecule has 1 aromatic rings. The summed E-state index contributed by atoms with van der Waals surface area (Å²) in [6.07, 6.45) is 9.97. The van der Waals surface area contributed by atoms with Crippen LogP contribution in [-0.4, -0.2) is 67.0 Å². The van der Waals surface area contributed by atoms with E-state index in [4.69, 9.17) is 4.74 Å². The molecule has 3 fully saturated rings. The van der Waals surface area contributed by atoms with Gasteiger partial charge in [0.2, 0.25) is 0 Å². The van der Waals surface area contributed by atoms with Gasteiger partial charge in [0.15, 0.2) is 11.6 Å². The van der Waals surface area contributed by atoms with Crippen LogP contribution in [-0.2, 0) is 9.59 Å². The molecule has 6 rings (SSSR count). The summed E-state index contributed by atoms with van der Waals surface area (Å²) >= 11 is 0. The van der Waals surface area contributed by atoms with Gasteiger partial charge in [-0.2, -0.15) is 0 Å². The van der Waals surface area contributed by atoms with E-state index in [0.29, 0.717) is 31.2 Å². The molecule has 0 bridgehead atoms. The Labute approximate surface area is 226 Å². The van der Waals surface area contributed by atoms with Crippen LogP contribution in [0.4, 0.5) is 5.69 Å². The number of hydrogen-bond acceptors (Lipinski definition) is 6. The minimum atomic E-state index is -1.28. The maximum atomic E-state index is 13.8. The molecule has 0 radical (unpaired) electrons. The molecule has 0 aromatic heterocycles. The fourth-order valence-electron chi connectivity index (χ4n) is 8.70. The van der Waals surface area contributed by atoms with Crippen molar-refractivity contribution in [2.45, 2.75) is 64.4 Å². The molecule has 1 saturated heterocycles. The van der Waals surface area contributed by atoms with Gasteiger partial charge in [0.1, 0.15) is 11.4 Å². The molecule has 6 nitrogen and oxygen atoms in total. The topological polar surface area (TPSA) is 70.1 Å². The summed E-state index contributed by atoms with van der Waals surface area (Å²) in [5.74, 6) is 1.85. The molecule has 204 valence electrons. The molecule has 1 heterocycles. The fourth-order valence-corrected chi connectivity index (χ4v) is 8.70. The van der Waals surface area contributed by atoms with Crippen LogP contribution in [0.3, 0.4) is 0 Å². The number of carbonyl (C=O) groups excluding carboxylic acids is 2. The number of anilines is 1. The predicted octanol–water partition coefficient (Wildman–Crippen LogP) is 4.57. The highest BCUT2D eigenvalue weighted by Gasteiger charge is 2.64. The van der Waals surface area contributed by atoms with E-state index >= 15 is 0 Å². The molecule has 0 amide bonds. The van der Waals surface area contributed by atoms with Gasteiger partial charge >= 0.3 is 0 Å². The molecule has 1 N–H and O–H groups in total. The van der Waals surface area contributed by atoms with Gasteiger partial charge in [-0.15, -0.1) is 0 Å². The monoisotopic (exact) mass is 518 g/mol. The summed E-state index contributed by atoms with van der Waals surface area (Å²) in [4.78, 5) is 30.5. The van der Waals surface area contributed by atoms with E-state index < -0.39 is 11.0 Å². The zero-order valence-electron chi connectivity index (χ0n) is 23.2. The van der Waals surface area contributed by atoms with E-state index in [9.17, 15) is 14.7 Å². The first-order chi connectivity index (χ1) is 18.2. The summed E-state index contributed by atoms with van der Waals surface area (Å²) < 4.78 is 5.54. The van der Waals surface area contributed by atoms with E-state index in [-0.39, 0.29) is 17.0 Å². The van der Waals surface area contributed by atoms with Gasteiger partial charge in [0.05, 0.1) is 19.3 Å². The van der Waals surface area contributed by atoms with Gasteiger partial charge in [0.25, 0.3) is 0 Å². The molecule has 0 spiro atoms. The summed E-state index contributed by atoms with van der Waals surface area (Å²) in [6.45, 7) is 8.05. The lowest BCUT2D eigenvalue weighted by atomic mass is 9.50. The Morgan fingerprint density at radius 3 is 2.61 bits per heavy atom. The standard InChI is InChI=1S/C32H42N2O4/c1-30-13-10-23(35)20-22(30)8-9-24-25(30)11-14-31(2)26(24)12-15-32(31,37)29(36)21-33-16-18-34(19-17-33)27-6-4-5-7-28(27)38-3/h4-7,11,20,24,26,37H,8-10,12-19,21H2,1-3H3/t24?,26?,30-,31-,32-/m0/s1. The maximum Gasteiger partial charge on any atom is 0.178 e. The number of rotatable bonds is 5. The fraction of sp³-hybridized carbons (Fsp3) is 0.625. The van der Waals surface area contributed by atoms with Crippen LogP contribution in [0.5, 0.6) is 5.75 Å². The van der Waals surface area contributed by atoms with Gasteiger partial charge in [-0.1, -0.05) is 43.2 Å². The average Bonchev–Trinajstić information content (AvgIpc) is 3.21. The van der Waals surface area contributed by atoms with Crippen molar-refractivity contribution in [3.8, 4) is 5.75 Å². The zero-order valence-corrected chi connectivity index (χ0v) is 23.2. The number of piperazine rings is 1. The number of ketones is 2. The number of aliphatic hydroxyl groups is 1. The van der Waals surface area contributed by atoms with E-state index in [1.807, 2.05) is 24.3 Å². The Bertz CT molecular complexity index is 1200. The number of allylic oxidation sites excluding steroid dienone is 4. The second kappa shape index (κ2) is 9.34. The zero-order chi connectivity index (χ0) is 26.7. The number of ether oxygens (including phenoxy) is 1. The lowest BCUT2D eigenvalue weighted by Crippen LogP contribution is -2.58. The second-order valence-corrected chi connectivity index (χ2v) is 12.8. The van der Waals surface area contributed by atoms with Crippen LogP contribution >= 0.6 is 0 Å². The Hall–Kier alpha value is -2.44. The third-order valence-electron chi connectivity index (χ3n) is 11.1. The molecule has 2 saturated carbocycles.